The van der Waals surface area contributed by atoms with Gasteiger partial charge in [-0.1, -0.05) is 19.8 Å². The first kappa shape index (κ1) is 15.5. The van der Waals surface area contributed by atoms with Gasteiger partial charge in [0.15, 0.2) is 0 Å². The molecule has 0 aromatic carbocycles. The van der Waals surface area contributed by atoms with E-state index in [-0.39, 0.29) is 5.91 Å². The molecule has 1 saturated carbocycles. The predicted octanol–water partition coefficient (Wildman–Crippen LogP) is 2.43. The highest BCUT2D eigenvalue weighted by atomic mass is 16.4. The van der Waals surface area contributed by atoms with Crippen LogP contribution in [0.2, 0.25) is 0 Å². The molecule has 1 aliphatic rings. The second-order valence-electron chi connectivity index (χ2n) is 5.72. The number of aliphatic carboxylic acids is 1. The van der Waals surface area contributed by atoms with Crippen LogP contribution in [0.4, 0.5) is 5.82 Å². The Kier molecular flexibility index (Phi) is 4.98. The zero-order valence-corrected chi connectivity index (χ0v) is 12.6. The molecule has 2 rings (SSSR count). The maximum absolute atomic E-state index is 12.4. The molecule has 0 unspecified atom stereocenters. The van der Waals surface area contributed by atoms with Crippen molar-refractivity contribution in [3.05, 3.63) is 11.8 Å². The largest absolute Gasteiger partial charge is 0.481 e. The van der Waals surface area contributed by atoms with Crippen molar-refractivity contribution in [1.29, 1.82) is 0 Å². The molecule has 6 nitrogen and oxygen atoms in total. The van der Waals surface area contributed by atoms with Gasteiger partial charge in [0.05, 0.1) is 17.5 Å². The summed E-state index contributed by atoms with van der Waals surface area (Å²) in [7, 11) is 0. The number of amides is 1. The van der Waals surface area contributed by atoms with Crippen molar-refractivity contribution in [2.24, 2.45) is 11.8 Å². The fourth-order valence-corrected chi connectivity index (χ4v) is 2.99. The number of rotatable bonds is 5. The average molecular weight is 293 g/mol. The molecule has 1 aliphatic carbocycles. The zero-order valence-electron chi connectivity index (χ0n) is 12.6. The summed E-state index contributed by atoms with van der Waals surface area (Å²) in [5.41, 5.74) is 0.845. The van der Waals surface area contributed by atoms with E-state index in [4.69, 9.17) is 0 Å². The molecule has 1 fully saturated rings. The van der Waals surface area contributed by atoms with E-state index in [0.29, 0.717) is 18.7 Å². The first-order valence-corrected chi connectivity index (χ1v) is 7.61. The Morgan fingerprint density at radius 1 is 1.38 bits per heavy atom. The van der Waals surface area contributed by atoms with E-state index in [1.54, 1.807) is 4.68 Å². The molecule has 0 bridgehead atoms. The van der Waals surface area contributed by atoms with Gasteiger partial charge in [0.1, 0.15) is 5.82 Å². The van der Waals surface area contributed by atoms with Gasteiger partial charge >= 0.3 is 5.97 Å². The molecule has 21 heavy (non-hydrogen) atoms. The predicted molar refractivity (Wildman–Crippen MR) is 79.0 cm³/mol. The zero-order chi connectivity index (χ0) is 15.4. The molecule has 2 N–H and O–H groups in total. The molecular formula is C15H23N3O3. The number of anilines is 1. The molecule has 0 radical (unpaired) electrons. The molecule has 1 heterocycles. The van der Waals surface area contributed by atoms with Crippen LogP contribution in [0.3, 0.4) is 0 Å². The van der Waals surface area contributed by atoms with Crippen molar-refractivity contribution in [3.8, 4) is 0 Å². The fourth-order valence-electron chi connectivity index (χ4n) is 2.99. The number of carbonyl (C=O) groups is 2. The molecule has 1 aromatic rings. The van der Waals surface area contributed by atoms with Crippen LogP contribution in [0.5, 0.6) is 0 Å². The Morgan fingerprint density at radius 2 is 2.05 bits per heavy atom. The standard InChI is InChI=1S/C15H23N3O3/c1-3-8-18-13(9-10(2)17-18)16-14(19)11-6-4-5-7-12(11)15(20)21/h9,11-12H,3-8H2,1-2H3,(H,16,19)(H,20,21)/t11-,12+/m0/s1. The number of hydrogen-bond donors (Lipinski definition) is 2. The van der Waals surface area contributed by atoms with Gasteiger partial charge in [0.25, 0.3) is 0 Å². The maximum atomic E-state index is 12.4. The van der Waals surface area contributed by atoms with Crippen LogP contribution in [0.1, 0.15) is 44.7 Å². The van der Waals surface area contributed by atoms with Crippen LogP contribution < -0.4 is 5.32 Å². The minimum atomic E-state index is -0.868. The van der Waals surface area contributed by atoms with Crippen LogP contribution >= 0.6 is 0 Å². The van der Waals surface area contributed by atoms with E-state index in [2.05, 4.69) is 10.4 Å². The normalized spacial score (nSPS) is 22.0. The monoisotopic (exact) mass is 293 g/mol. The molecular weight excluding hydrogens is 270 g/mol. The number of hydrogen-bond acceptors (Lipinski definition) is 3. The van der Waals surface area contributed by atoms with Crippen molar-refractivity contribution < 1.29 is 14.7 Å². The summed E-state index contributed by atoms with van der Waals surface area (Å²) in [6.07, 6.45) is 3.94. The number of carbonyl (C=O) groups excluding carboxylic acids is 1. The Balaban J connectivity index is 2.11. The summed E-state index contributed by atoms with van der Waals surface area (Å²) in [6.45, 7) is 4.66. The second kappa shape index (κ2) is 6.74. The maximum Gasteiger partial charge on any atom is 0.307 e. The van der Waals surface area contributed by atoms with Gasteiger partial charge in [-0.15, -0.1) is 0 Å². The molecule has 0 spiro atoms. The van der Waals surface area contributed by atoms with E-state index in [0.717, 1.165) is 31.5 Å². The van der Waals surface area contributed by atoms with Crippen molar-refractivity contribution >= 4 is 17.7 Å². The quantitative estimate of drug-likeness (QED) is 0.873. The lowest BCUT2D eigenvalue weighted by atomic mass is 9.79. The highest BCUT2D eigenvalue weighted by molar-refractivity contribution is 5.94. The van der Waals surface area contributed by atoms with Crippen LogP contribution in [-0.4, -0.2) is 26.8 Å². The van der Waals surface area contributed by atoms with Gasteiger partial charge in [-0.05, 0) is 26.2 Å². The van der Waals surface area contributed by atoms with Crippen LogP contribution in [-0.2, 0) is 16.1 Å². The molecule has 2 atom stereocenters. The number of nitrogens with zero attached hydrogens (tertiary/aromatic N) is 2. The summed E-state index contributed by atoms with van der Waals surface area (Å²) in [5.74, 6) is -1.41. The third kappa shape index (κ3) is 3.62. The summed E-state index contributed by atoms with van der Waals surface area (Å²) >= 11 is 0. The van der Waals surface area contributed by atoms with E-state index >= 15 is 0 Å². The van der Waals surface area contributed by atoms with Crippen molar-refractivity contribution in [2.45, 2.75) is 52.5 Å². The molecule has 1 aromatic heterocycles. The van der Waals surface area contributed by atoms with Crippen LogP contribution in [0.25, 0.3) is 0 Å². The van der Waals surface area contributed by atoms with Gasteiger partial charge in [0.2, 0.25) is 5.91 Å². The lowest BCUT2D eigenvalue weighted by Gasteiger charge is -2.27. The average Bonchev–Trinajstić information content (AvgIpc) is 2.79. The van der Waals surface area contributed by atoms with Crippen LogP contribution in [0, 0.1) is 18.8 Å². The third-order valence-electron chi connectivity index (χ3n) is 4.01. The lowest BCUT2D eigenvalue weighted by Crippen LogP contribution is -2.36. The van der Waals surface area contributed by atoms with Gasteiger partial charge < -0.3 is 10.4 Å². The van der Waals surface area contributed by atoms with Crippen molar-refractivity contribution in [3.63, 3.8) is 0 Å². The van der Waals surface area contributed by atoms with Gasteiger partial charge in [-0.25, -0.2) is 4.68 Å². The summed E-state index contributed by atoms with van der Waals surface area (Å²) in [6, 6.07) is 1.83. The van der Waals surface area contributed by atoms with E-state index in [1.807, 2.05) is 19.9 Å². The third-order valence-corrected chi connectivity index (χ3v) is 4.01. The number of nitrogens with one attached hydrogen (secondary N) is 1. The van der Waals surface area contributed by atoms with Gasteiger partial charge in [-0.3, -0.25) is 9.59 Å². The number of aryl methyl sites for hydroxylation is 2. The Hall–Kier alpha value is -1.85. The highest BCUT2D eigenvalue weighted by Crippen LogP contribution is 2.31. The van der Waals surface area contributed by atoms with Gasteiger partial charge in [0, 0.05) is 12.6 Å². The smallest absolute Gasteiger partial charge is 0.307 e. The topological polar surface area (TPSA) is 84.2 Å². The molecule has 6 heteroatoms. The minimum Gasteiger partial charge on any atom is -0.481 e. The van der Waals surface area contributed by atoms with E-state index in [1.165, 1.54) is 0 Å². The summed E-state index contributed by atoms with van der Waals surface area (Å²) in [5, 5.41) is 16.5. The second-order valence-corrected chi connectivity index (χ2v) is 5.72. The highest BCUT2D eigenvalue weighted by Gasteiger charge is 2.36. The number of carboxylic acid groups (broad SMARTS) is 1. The number of carboxylic acids is 1. The molecule has 0 aliphatic heterocycles. The molecule has 116 valence electrons. The first-order chi connectivity index (χ1) is 10.0. The fraction of sp³-hybridized carbons (Fsp3) is 0.667. The minimum absolute atomic E-state index is 0.195. The van der Waals surface area contributed by atoms with E-state index in [9.17, 15) is 14.7 Å². The van der Waals surface area contributed by atoms with Crippen molar-refractivity contribution in [2.75, 3.05) is 5.32 Å². The Morgan fingerprint density at radius 3 is 2.67 bits per heavy atom. The summed E-state index contributed by atoms with van der Waals surface area (Å²) in [4.78, 5) is 23.7. The van der Waals surface area contributed by atoms with Crippen LogP contribution in [0.15, 0.2) is 6.07 Å². The Bertz CT molecular complexity index is 524. The lowest BCUT2D eigenvalue weighted by molar-refractivity contribution is -0.147. The number of aromatic nitrogens is 2. The summed E-state index contributed by atoms with van der Waals surface area (Å²) < 4.78 is 1.77. The van der Waals surface area contributed by atoms with Crippen molar-refractivity contribution in [1.82, 2.24) is 9.78 Å². The first-order valence-electron chi connectivity index (χ1n) is 7.61. The Labute approximate surface area is 124 Å². The SMILES string of the molecule is CCCn1nc(C)cc1NC(=O)[C@H]1CCCC[C@H]1C(=O)O. The van der Waals surface area contributed by atoms with E-state index < -0.39 is 17.8 Å². The molecule has 1 amide bonds. The van der Waals surface area contributed by atoms with Gasteiger partial charge in [-0.2, -0.15) is 5.10 Å². The molecule has 0 saturated heterocycles.